The number of ether oxygens (including phenoxy) is 2. The summed E-state index contributed by atoms with van der Waals surface area (Å²) in [4.78, 5) is 14.6. The molecule has 0 spiro atoms. The third-order valence-corrected chi connectivity index (χ3v) is 5.16. The standard InChI is InChI=1S/C24H27NO3/c1-24(2,3)28-23(26)25-19-13-18(14-20(25)16-27-15-19)22-12-8-7-11-21(22)17-9-5-4-6-10-17/h4-13,19-20H,14-16H2,1-3H3. The lowest BCUT2D eigenvalue weighted by Crippen LogP contribution is -2.57. The van der Waals surface area contributed by atoms with Crippen molar-refractivity contribution in [1.29, 1.82) is 0 Å². The van der Waals surface area contributed by atoms with Crippen molar-refractivity contribution in [2.45, 2.75) is 44.9 Å². The van der Waals surface area contributed by atoms with Gasteiger partial charge in [-0.05, 0) is 49.5 Å². The maximum absolute atomic E-state index is 12.8. The van der Waals surface area contributed by atoms with E-state index in [1.165, 1.54) is 22.3 Å². The molecule has 2 heterocycles. The molecule has 146 valence electrons. The molecule has 28 heavy (non-hydrogen) atoms. The van der Waals surface area contributed by atoms with Crippen LogP contribution in [0.4, 0.5) is 4.79 Å². The average Bonchev–Trinajstić information content (AvgIpc) is 2.66. The molecule has 0 aliphatic carbocycles. The van der Waals surface area contributed by atoms with E-state index >= 15 is 0 Å². The molecule has 2 aromatic rings. The summed E-state index contributed by atoms with van der Waals surface area (Å²) in [5.41, 5.74) is 4.43. The molecule has 2 unspecified atom stereocenters. The van der Waals surface area contributed by atoms with Gasteiger partial charge in [0.05, 0.1) is 25.3 Å². The first-order valence-electron chi connectivity index (χ1n) is 9.87. The molecule has 0 N–H and O–H groups in total. The molecule has 2 atom stereocenters. The Morgan fingerprint density at radius 2 is 1.68 bits per heavy atom. The van der Waals surface area contributed by atoms with Gasteiger partial charge in [-0.15, -0.1) is 0 Å². The van der Waals surface area contributed by atoms with E-state index in [9.17, 15) is 4.79 Å². The van der Waals surface area contributed by atoms with Crippen LogP contribution in [0.15, 0.2) is 60.7 Å². The Morgan fingerprint density at radius 1 is 1.00 bits per heavy atom. The fourth-order valence-corrected chi connectivity index (χ4v) is 4.03. The lowest BCUT2D eigenvalue weighted by molar-refractivity contribution is -0.0510. The van der Waals surface area contributed by atoms with Crippen LogP contribution in [0, 0.1) is 0 Å². The number of carbonyl (C=O) groups is 1. The van der Waals surface area contributed by atoms with Crippen molar-refractivity contribution >= 4 is 11.7 Å². The van der Waals surface area contributed by atoms with Crippen LogP contribution in [0.1, 0.15) is 32.8 Å². The fraction of sp³-hybridized carbons (Fsp3) is 0.375. The number of hydrogen-bond acceptors (Lipinski definition) is 3. The zero-order chi connectivity index (χ0) is 19.7. The monoisotopic (exact) mass is 377 g/mol. The second-order valence-electron chi connectivity index (χ2n) is 8.45. The summed E-state index contributed by atoms with van der Waals surface area (Å²) in [6.07, 6.45) is 2.69. The van der Waals surface area contributed by atoms with Crippen molar-refractivity contribution in [3.8, 4) is 11.1 Å². The Balaban J connectivity index is 1.68. The summed E-state index contributed by atoms with van der Waals surface area (Å²) in [6, 6.07) is 18.8. The summed E-state index contributed by atoms with van der Waals surface area (Å²) < 4.78 is 11.4. The third-order valence-electron chi connectivity index (χ3n) is 5.16. The first-order valence-corrected chi connectivity index (χ1v) is 9.87. The molecule has 2 aliphatic rings. The molecule has 4 nitrogen and oxygen atoms in total. The van der Waals surface area contributed by atoms with E-state index in [0.29, 0.717) is 13.2 Å². The number of nitrogens with zero attached hydrogens (tertiary/aromatic N) is 1. The first-order chi connectivity index (χ1) is 13.4. The molecule has 2 bridgehead atoms. The smallest absolute Gasteiger partial charge is 0.411 e. The lowest BCUT2D eigenvalue weighted by Gasteiger charge is -2.44. The number of benzene rings is 2. The van der Waals surface area contributed by atoms with Crippen molar-refractivity contribution in [2.75, 3.05) is 13.2 Å². The molecule has 1 saturated heterocycles. The summed E-state index contributed by atoms with van der Waals surface area (Å²) in [6.45, 7) is 6.75. The first kappa shape index (κ1) is 18.8. The Bertz CT molecular complexity index is 882. The zero-order valence-electron chi connectivity index (χ0n) is 16.7. The van der Waals surface area contributed by atoms with Gasteiger partial charge in [0.2, 0.25) is 0 Å². The van der Waals surface area contributed by atoms with Gasteiger partial charge in [-0.2, -0.15) is 0 Å². The average molecular weight is 377 g/mol. The quantitative estimate of drug-likeness (QED) is 0.727. The minimum Gasteiger partial charge on any atom is -0.444 e. The summed E-state index contributed by atoms with van der Waals surface area (Å²) >= 11 is 0. The van der Waals surface area contributed by atoms with E-state index in [2.05, 4.69) is 54.6 Å². The number of hydrogen-bond donors (Lipinski definition) is 0. The van der Waals surface area contributed by atoms with Gasteiger partial charge >= 0.3 is 6.09 Å². The van der Waals surface area contributed by atoms with Gasteiger partial charge in [-0.3, -0.25) is 4.90 Å². The van der Waals surface area contributed by atoms with E-state index in [-0.39, 0.29) is 18.2 Å². The molecule has 0 radical (unpaired) electrons. The third kappa shape index (κ3) is 3.83. The van der Waals surface area contributed by atoms with E-state index in [1.54, 1.807) is 0 Å². The Kier molecular flexibility index (Phi) is 4.98. The molecule has 4 rings (SSSR count). The summed E-state index contributed by atoms with van der Waals surface area (Å²) in [5, 5.41) is 0. The van der Waals surface area contributed by atoms with E-state index in [4.69, 9.17) is 9.47 Å². The van der Waals surface area contributed by atoms with Gasteiger partial charge in [0.1, 0.15) is 5.60 Å². The van der Waals surface area contributed by atoms with Crippen LogP contribution in [-0.2, 0) is 9.47 Å². The number of carbonyl (C=O) groups excluding carboxylic acids is 1. The molecular weight excluding hydrogens is 350 g/mol. The van der Waals surface area contributed by atoms with Gasteiger partial charge in [0, 0.05) is 0 Å². The van der Waals surface area contributed by atoms with E-state index in [0.717, 1.165) is 6.42 Å². The molecule has 2 aliphatic heterocycles. The SMILES string of the molecule is CC(C)(C)OC(=O)N1C2C=C(c3ccccc3-c3ccccc3)CC1COC2. The molecule has 1 fully saturated rings. The lowest BCUT2D eigenvalue weighted by atomic mass is 9.86. The molecule has 0 aromatic heterocycles. The Hall–Kier alpha value is -2.59. The van der Waals surface area contributed by atoms with Crippen molar-refractivity contribution in [3.05, 3.63) is 66.2 Å². The van der Waals surface area contributed by atoms with Gasteiger partial charge < -0.3 is 9.47 Å². The van der Waals surface area contributed by atoms with Gasteiger partial charge in [-0.25, -0.2) is 4.79 Å². The number of amides is 1. The van der Waals surface area contributed by atoms with Crippen molar-refractivity contribution < 1.29 is 14.3 Å². The largest absolute Gasteiger partial charge is 0.444 e. The highest BCUT2D eigenvalue weighted by atomic mass is 16.6. The van der Waals surface area contributed by atoms with Crippen molar-refractivity contribution in [1.82, 2.24) is 4.90 Å². The van der Waals surface area contributed by atoms with E-state index < -0.39 is 5.60 Å². The van der Waals surface area contributed by atoms with E-state index in [1.807, 2.05) is 31.7 Å². The van der Waals surface area contributed by atoms with Crippen LogP contribution >= 0.6 is 0 Å². The van der Waals surface area contributed by atoms with Crippen LogP contribution in [0.25, 0.3) is 16.7 Å². The second kappa shape index (κ2) is 7.44. The minimum absolute atomic E-state index is 0.00238. The molecule has 2 aromatic carbocycles. The van der Waals surface area contributed by atoms with Crippen LogP contribution in [-0.4, -0.2) is 41.9 Å². The summed E-state index contributed by atoms with van der Waals surface area (Å²) in [7, 11) is 0. The van der Waals surface area contributed by atoms with Crippen LogP contribution in [0.2, 0.25) is 0 Å². The van der Waals surface area contributed by atoms with Gasteiger partial charge in [-0.1, -0.05) is 60.7 Å². The fourth-order valence-electron chi connectivity index (χ4n) is 4.03. The summed E-state index contributed by atoms with van der Waals surface area (Å²) in [5.74, 6) is 0. The molecular formula is C24H27NO3. The molecule has 4 heteroatoms. The van der Waals surface area contributed by atoms with Crippen LogP contribution < -0.4 is 0 Å². The normalized spacial score (nSPS) is 21.8. The highest BCUT2D eigenvalue weighted by Crippen LogP contribution is 2.37. The predicted molar refractivity (Wildman–Crippen MR) is 111 cm³/mol. The highest BCUT2D eigenvalue weighted by Gasteiger charge is 2.40. The minimum atomic E-state index is -0.504. The Morgan fingerprint density at radius 3 is 2.36 bits per heavy atom. The second-order valence-corrected chi connectivity index (χ2v) is 8.45. The topological polar surface area (TPSA) is 38.8 Å². The van der Waals surface area contributed by atoms with Crippen LogP contribution in [0.5, 0.6) is 0 Å². The van der Waals surface area contributed by atoms with Crippen molar-refractivity contribution in [3.63, 3.8) is 0 Å². The van der Waals surface area contributed by atoms with Gasteiger partial charge in [0.15, 0.2) is 0 Å². The highest BCUT2D eigenvalue weighted by molar-refractivity contribution is 5.83. The maximum Gasteiger partial charge on any atom is 0.411 e. The van der Waals surface area contributed by atoms with Crippen LogP contribution in [0.3, 0.4) is 0 Å². The van der Waals surface area contributed by atoms with Crippen molar-refractivity contribution in [2.24, 2.45) is 0 Å². The molecule has 0 saturated carbocycles. The zero-order valence-corrected chi connectivity index (χ0v) is 16.7. The number of rotatable bonds is 2. The predicted octanol–water partition coefficient (Wildman–Crippen LogP) is 5.15. The van der Waals surface area contributed by atoms with Gasteiger partial charge in [0.25, 0.3) is 0 Å². The Labute approximate surface area is 166 Å². The maximum atomic E-state index is 12.8. The number of morpholine rings is 1. The molecule has 1 amide bonds. The number of fused-ring (bicyclic) bond motifs is 2.